The minimum Gasteiger partial charge on any atom is -0.428 e. The number of hydrogen-bond acceptors (Lipinski definition) is 4. The molecular formula is C14H18O4. The molecule has 0 saturated heterocycles. The summed E-state index contributed by atoms with van der Waals surface area (Å²) in [4.78, 5) is 23.4. The molecule has 0 saturated carbocycles. The van der Waals surface area contributed by atoms with Gasteiger partial charge in [0.2, 0.25) is 5.43 Å². The predicted molar refractivity (Wildman–Crippen MR) is 69.0 cm³/mol. The van der Waals surface area contributed by atoms with Crippen LogP contribution in [0.5, 0.6) is 5.75 Å². The molecule has 0 aliphatic heterocycles. The molecular weight excluding hydrogens is 232 g/mol. The van der Waals surface area contributed by atoms with Crippen LogP contribution in [0.3, 0.4) is 0 Å². The minimum absolute atomic E-state index is 0.00995. The largest absolute Gasteiger partial charge is 0.514 e. The fourth-order valence-corrected chi connectivity index (χ4v) is 1.28. The summed E-state index contributed by atoms with van der Waals surface area (Å²) in [5, 5.41) is 0. The van der Waals surface area contributed by atoms with Gasteiger partial charge in [0, 0.05) is 5.56 Å². The van der Waals surface area contributed by atoms with Gasteiger partial charge in [-0.05, 0) is 46.2 Å². The van der Waals surface area contributed by atoms with E-state index in [2.05, 4.69) is 0 Å². The molecule has 0 atom stereocenters. The van der Waals surface area contributed by atoms with Gasteiger partial charge in [-0.2, -0.15) is 0 Å². The number of rotatable bonds is 1. The molecule has 0 radical (unpaired) electrons. The third-order valence-corrected chi connectivity index (χ3v) is 2.12. The Kier molecular flexibility index (Phi) is 4.11. The first-order valence-corrected chi connectivity index (χ1v) is 5.71. The van der Waals surface area contributed by atoms with Crippen LogP contribution < -0.4 is 10.2 Å². The lowest BCUT2D eigenvalue weighted by Crippen LogP contribution is -2.27. The van der Waals surface area contributed by atoms with Crippen LogP contribution in [0.15, 0.2) is 23.0 Å². The van der Waals surface area contributed by atoms with Crippen molar-refractivity contribution < 1.29 is 14.3 Å². The number of carbonyl (C=O) groups is 1. The van der Waals surface area contributed by atoms with Crippen molar-refractivity contribution in [1.29, 1.82) is 0 Å². The van der Waals surface area contributed by atoms with Crippen LogP contribution in [-0.2, 0) is 4.74 Å². The first-order chi connectivity index (χ1) is 8.19. The Morgan fingerprint density at radius 1 is 1.17 bits per heavy atom. The molecule has 0 spiro atoms. The summed E-state index contributed by atoms with van der Waals surface area (Å²) in [6, 6.07) is 5.01. The van der Waals surface area contributed by atoms with E-state index in [9.17, 15) is 9.59 Å². The van der Waals surface area contributed by atoms with Gasteiger partial charge < -0.3 is 9.47 Å². The Labute approximate surface area is 107 Å². The average molecular weight is 250 g/mol. The van der Waals surface area contributed by atoms with Gasteiger partial charge in [0.15, 0.2) is 5.75 Å². The van der Waals surface area contributed by atoms with Crippen LogP contribution in [0, 0.1) is 13.8 Å². The molecule has 0 fully saturated rings. The molecule has 0 aliphatic carbocycles. The normalized spacial score (nSPS) is 10.9. The fraction of sp³-hybridized carbons (Fsp3) is 0.429. The van der Waals surface area contributed by atoms with E-state index in [0.717, 1.165) is 5.56 Å². The summed E-state index contributed by atoms with van der Waals surface area (Å²) in [6.07, 6.45) is -0.871. The molecule has 0 aromatic heterocycles. The quantitative estimate of drug-likeness (QED) is 0.719. The molecule has 0 amide bonds. The molecule has 0 aliphatic rings. The lowest BCUT2D eigenvalue weighted by molar-refractivity contribution is 0.0204. The summed E-state index contributed by atoms with van der Waals surface area (Å²) >= 11 is 0. The summed E-state index contributed by atoms with van der Waals surface area (Å²) in [5.74, 6) is -0.00995. The van der Waals surface area contributed by atoms with Crippen LogP contribution in [-0.4, -0.2) is 11.8 Å². The Bertz CT molecular complexity index is 512. The summed E-state index contributed by atoms with van der Waals surface area (Å²) in [6.45, 7) is 8.68. The lowest BCUT2D eigenvalue weighted by Gasteiger charge is -2.18. The van der Waals surface area contributed by atoms with Gasteiger partial charge in [-0.3, -0.25) is 4.79 Å². The SMILES string of the molecule is Cc1ccc(C)c(=O)c(OC(=O)OC(C)(C)C)c1. The van der Waals surface area contributed by atoms with Crippen LogP contribution in [0.2, 0.25) is 0 Å². The van der Waals surface area contributed by atoms with Crippen LogP contribution in [0.4, 0.5) is 4.79 Å². The highest BCUT2D eigenvalue weighted by Gasteiger charge is 2.19. The van der Waals surface area contributed by atoms with E-state index in [4.69, 9.17) is 9.47 Å². The molecule has 18 heavy (non-hydrogen) atoms. The highest BCUT2D eigenvalue weighted by Crippen LogP contribution is 2.12. The zero-order valence-corrected chi connectivity index (χ0v) is 11.4. The van der Waals surface area contributed by atoms with Crippen LogP contribution in [0.1, 0.15) is 31.9 Å². The molecule has 0 heterocycles. The second kappa shape index (κ2) is 5.21. The molecule has 1 aromatic carbocycles. The van der Waals surface area contributed by atoms with E-state index in [1.165, 1.54) is 6.07 Å². The van der Waals surface area contributed by atoms with Crippen LogP contribution >= 0.6 is 0 Å². The van der Waals surface area contributed by atoms with Crippen molar-refractivity contribution in [2.24, 2.45) is 0 Å². The number of ether oxygens (including phenoxy) is 2. The highest BCUT2D eigenvalue weighted by atomic mass is 16.7. The number of hydrogen-bond donors (Lipinski definition) is 0. The third kappa shape index (κ3) is 4.20. The molecule has 0 N–H and O–H groups in total. The molecule has 1 aromatic rings. The van der Waals surface area contributed by atoms with Crippen molar-refractivity contribution in [2.45, 2.75) is 40.2 Å². The smallest absolute Gasteiger partial charge is 0.428 e. The van der Waals surface area contributed by atoms with E-state index >= 15 is 0 Å². The van der Waals surface area contributed by atoms with Crippen molar-refractivity contribution in [3.8, 4) is 5.75 Å². The molecule has 0 bridgehead atoms. The predicted octanol–water partition coefficient (Wildman–Crippen LogP) is 2.98. The van der Waals surface area contributed by atoms with E-state index < -0.39 is 11.8 Å². The molecule has 0 unspecified atom stereocenters. The number of aryl methyl sites for hydroxylation is 2. The number of carbonyl (C=O) groups excluding carboxylic acids is 1. The van der Waals surface area contributed by atoms with Crippen molar-refractivity contribution >= 4 is 6.16 Å². The molecule has 98 valence electrons. The topological polar surface area (TPSA) is 52.6 Å². The summed E-state index contributed by atoms with van der Waals surface area (Å²) in [7, 11) is 0. The van der Waals surface area contributed by atoms with E-state index in [1.807, 2.05) is 6.92 Å². The Morgan fingerprint density at radius 3 is 2.33 bits per heavy atom. The third-order valence-electron chi connectivity index (χ3n) is 2.12. The van der Waals surface area contributed by atoms with Crippen LogP contribution in [0.25, 0.3) is 0 Å². The van der Waals surface area contributed by atoms with E-state index in [1.54, 1.807) is 39.8 Å². The zero-order valence-electron chi connectivity index (χ0n) is 11.4. The summed E-state index contributed by atoms with van der Waals surface area (Å²) < 4.78 is 9.98. The lowest BCUT2D eigenvalue weighted by atomic mass is 10.2. The van der Waals surface area contributed by atoms with E-state index in [0.29, 0.717) is 5.56 Å². The van der Waals surface area contributed by atoms with Gasteiger partial charge in [0.1, 0.15) is 5.60 Å². The minimum atomic E-state index is -0.871. The van der Waals surface area contributed by atoms with Gasteiger partial charge in [-0.25, -0.2) is 4.79 Å². The molecule has 1 rings (SSSR count). The van der Waals surface area contributed by atoms with Crippen molar-refractivity contribution in [3.05, 3.63) is 39.5 Å². The Balaban J connectivity index is 3.03. The first-order valence-electron chi connectivity index (χ1n) is 5.71. The maximum Gasteiger partial charge on any atom is 0.514 e. The molecule has 4 nitrogen and oxygen atoms in total. The maximum atomic E-state index is 11.9. The standard InChI is InChI=1S/C14H18O4/c1-9-6-7-10(2)12(15)11(8-9)17-13(16)18-14(3,4)5/h6-8H,1-5H3. The van der Waals surface area contributed by atoms with Gasteiger partial charge in [0.05, 0.1) is 0 Å². The van der Waals surface area contributed by atoms with Gasteiger partial charge in [-0.1, -0.05) is 12.1 Å². The summed E-state index contributed by atoms with van der Waals surface area (Å²) in [5.41, 5.74) is 0.385. The van der Waals surface area contributed by atoms with Crippen molar-refractivity contribution in [1.82, 2.24) is 0 Å². The Morgan fingerprint density at radius 2 is 1.78 bits per heavy atom. The van der Waals surface area contributed by atoms with Gasteiger partial charge in [-0.15, -0.1) is 0 Å². The second-order valence-electron chi connectivity index (χ2n) is 5.16. The van der Waals surface area contributed by atoms with Crippen molar-refractivity contribution in [3.63, 3.8) is 0 Å². The molecule has 4 heteroatoms. The highest BCUT2D eigenvalue weighted by molar-refractivity contribution is 5.64. The average Bonchev–Trinajstić information content (AvgIpc) is 2.30. The van der Waals surface area contributed by atoms with Gasteiger partial charge in [0.25, 0.3) is 0 Å². The monoisotopic (exact) mass is 250 g/mol. The Hall–Kier alpha value is -1.84. The maximum absolute atomic E-state index is 11.9. The first kappa shape index (κ1) is 14.2. The zero-order chi connectivity index (χ0) is 13.9. The van der Waals surface area contributed by atoms with Crippen molar-refractivity contribution in [2.75, 3.05) is 0 Å². The van der Waals surface area contributed by atoms with Gasteiger partial charge >= 0.3 is 6.16 Å². The van der Waals surface area contributed by atoms with E-state index in [-0.39, 0.29) is 11.2 Å². The fourth-order valence-electron chi connectivity index (χ4n) is 1.28. The second-order valence-corrected chi connectivity index (χ2v) is 5.16.